The number of carbonyl (C=O) groups is 2. The van der Waals surface area contributed by atoms with E-state index in [1.54, 1.807) is 0 Å². The summed E-state index contributed by atoms with van der Waals surface area (Å²) in [6.45, 7) is 2.59. The molecule has 0 saturated heterocycles. The van der Waals surface area contributed by atoms with Crippen LogP contribution in [0.15, 0.2) is 18.2 Å². The molecule has 0 radical (unpaired) electrons. The van der Waals surface area contributed by atoms with Crippen molar-refractivity contribution in [2.75, 3.05) is 0 Å². The van der Waals surface area contributed by atoms with Crippen LogP contribution in [0.4, 0.5) is 4.39 Å². The summed E-state index contributed by atoms with van der Waals surface area (Å²) >= 11 is 0. The maximum absolute atomic E-state index is 13.5. The van der Waals surface area contributed by atoms with Gasteiger partial charge in [-0.25, -0.2) is 4.39 Å². The first kappa shape index (κ1) is 15.3. The molecule has 1 atom stereocenters. The van der Waals surface area contributed by atoms with E-state index in [0.29, 0.717) is 0 Å². The molecule has 0 heterocycles. The summed E-state index contributed by atoms with van der Waals surface area (Å²) in [4.78, 5) is 21.9. The second-order valence-electron chi connectivity index (χ2n) is 4.48. The van der Waals surface area contributed by atoms with Crippen LogP contribution in [-0.2, 0) is 21.3 Å². The number of amides is 1. The lowest BCUT2D eigenvalue weighted by atomic mass is 10.1. The standard InChI is InChI=1S/C12H14FNO4S/c1-12(2,11(16)17)19(18)6-8-5-7(10(14)15)3-4-9(8)13/h3-5H,6H2,1-2H3,(H2,14,15)(H,16,17). The Morgan fingerprint density at radius 3 is 2.47 bits per heavy atom. The monoisotopic (exact) mass is 287 g/mol. The number of primary amides is 1. The van der Waals surface area contributed by atoms with Crippen LogP contribution in [0.25, 0.3) is 0 Å². The fourth-order valence-corrected chi connectivity index (χ4v) is 2.32. The van der Waals surface area contributed by atoms with E-state index in [4.69, 9.17) is 10.8 Å². The number of benzene rings is 1. The van der Waals surface area contributed by atoms with Gasteiger partial charge in [0.15, 0.2) is 0 Å². The molecule has 1 aromatic carbocycles. The van der Waals surface area contributed by atoms with Crippen molar-refractivity contribution in [2.45, 2.75) is 24.3 Å². The van der Waals surface area contributed by atoms with Gasteiger partial charge in [-0.3, -0.25) is 13.8 Å². The molecule has 1 rings (SSSR count). The normalized spacial score (nSPS) is 13.0. The average molecular weight is 287 g/mol. The maximum atomic E-state index is 13.5. The number of carbonyl (C=O) groups excluding carboxylic acids is 1. The minimum atomic E-state index is -1.83. The van der Waals surface area contributed by atoms with E-state index in [1.165, 1.54) is 26.0 Å². The molecule has 0 aliphatic heterocycles. The predicted molar refractivity (Wildman–Crippen MR) is 68.5 cm³/mol. The van der Waals surface area contributed by atoms with Crippen molar-refractivity contribution in [2.24, 2.45) is 5.73 Å². The highest BCUT2D eigenvalue weighted by atomic mass is 32.2. The van der Waals surface area contributed by atoms with Gasteiger partial charge in [0.05, 0.1) is 5.75 Å². The van der Waals surface area contributed by atoms with Gasteiger partial charge in [0.1, 0.15) is 10.6 Å². The Morgan fingerprint density at radius 1 is 1.42 bits per heavy atom. The Bertz CT molecular complexity index is 557. The third-order valence-corrected chi connectivity index (χ3v) is 4.59. The molecule has 1 unspecified atom stereocenters. The number of carboxylic acid groups (broad SMARTS) is 1. The van der Waals surface area contributed by atoms with E-state index < -0.39 is 33.2 Å². The number of rotatable bonds is 5. The Hall–Kier alpha value is -1.76. The summed E-state index contributed by atoms with van der Waals surface area (Å²) in [7, 11) is -1.83. The number of hydrogen-bond acceptors (Lipinski definition) is 3. The second-order valence-corrected chi connectivity index (χ2v) is 6.48. The van der Waals surface area contributed by atoms with Gasteiger partial charge in [-0.15, -0.1) is 0 Å². The molecule has 1 amide bonds. The van der Waals surface area contributed by atoms with Crippen LogP contribution in [0.3, 0.4) is 0 Å². The van der Waals surface area contributed by atoms with E-state index >= 15 is 0 Å². The molecule has 0 bridgehead atoms. The molecule has 5 nitrogen and oxygen atoms in total. The molecule has 7 heteroatoms. The van der Waals surface area contributed by atoms with Gasteiger partial charge in [-0.2, -0.15) is 0 Å². The van der Waals surface area contributed by atoms with Crippen LogP contribution >= 0.6 is 0 Å². The van der Waals surface area contributed by atoms with Crippen molar-refractivity contribution in [3.05, 3.63) is 35.1 Å². The van der Waals surface area contributed by atoms with Gasteiger partial charge in [0.25, 0.3) is 0 Å². The summed E-state index contributed by atoms with van der Waals surface area (Å²) in [5.41, 5.74) is 5.15. The minimum Gasteiger partial charge on any atom is -0.480 e. The fourth-order valence-electron chi connectivity index (χ4n) is 1.26. The van der Waals surface area contributed by atoms with Crippen LogP contribution < -0.4 is 5.73 Å². The molecular formula is C12H14FNO4S. The summed E-state index contributed by atoms with van der Waals surface area (Å²) in [6, 6.07) is 3.44. The summed E-state index contributed by atoms with van der Waals surface area (Å²) in [6.07, 6.45) is 0. The third kappa shape index (κ3) is 3.37. The smallest absolute Gasteiger partial charge is 0.321 e. The number of aliphatic carboxylic acids is 1. The van der Waals surface area contributed by atoms with Crippen LogP contribution in [0.1, 0.15) is 29.8 Å². The molecule has 19 heavy (non-hydrogen) atoms. The molecular weight excluding hydrogens is 273 g/mol. The lowest BCUT2D eigenvalue weighted by Crippen LogP contribution is -2.37. The summed E-state index contributed by atoms with van der Waals surface area (Å²) in [5.74, 6) is -2.92. The van der Waals surface area contributed by atoms with Gasteiger partial charge >= 0.3 is 5.97 Å². The van der Waals surface area contributed by atoms with Gasteiger partial charge in [0.2, 0.25) is 5.91 Å². The zero-order chi connectivity index (χ0) is 14.8. The molecule has 0 aliphatic carbocycles. The van der Waals surface area contributed by atoms with Crippen molar-refractivity contribution in [3.8, 4) is 0 Å². The van der Waals surface area contributed by atoms with Crippen molar-refractivity contribution < 1.29 is 23.3 Å². The lowest BCUT2D eigenvalue weighted by Gasteiger charge is -2.18. The van der Waals surface area contributed by atoms with Gasteiger partial charge in [0, 0.05) is 21.9 Å². The summed E-state index contributed by atoms with van der Waals surface area (Å²) < 4.78 is 24.0. The van der Waals surface area contributed by atoms with Crippen molar-refractivity contribution in [3.63, 3.8) is 0 Å². The zero-order valence-corrected chi connectivity index (χ0v) is 11.3. The van der Waals surface area contributed by atoms with Gasteiger partial charge in [-0.1, -0.05) is 0 Å². The lowest BCUT2D eigenvalue weighted by molar-refractivity contribution is -0.139. The molecule has 1 aromatic rings. The van der Waals surface area contributed by atoms with Crippen LogP contribution in [0, 0.1) is 5.82 Å². The minimum absolute atomic E-state index is 0.00367. The first-order valence-corrected chi connectivity index (χ1v) is 6.68. The Labute approximate surface area is 112 Å². The number of hydrogen-bond donors (Lipinski definition) is 2. The largest absolute Gasteiger partial charge is 0.480 e. The van der Waals surface area contributed by atoms with Crippen molar-refractivity contribution in [1.29, 1.82) is 0 Å². The zero-order valence-electron chi connectivity index (χ0n) is 10.5. The highest BCUT2D eigenvalue weighted by Gasteiger charge is 2.34. The van der Waals surface area contributed by atoms with Crippen molar-refractivity contribution in [1.82, 2.24) is 0 Å². The highest BCUT2D eigenvalue weighted by molar-refractivity contribution is 7.86. The quantitative estimate of drug-likeness (QED) is 0.845. The molecule has 0 aromatic heterocycles. The Morgan fingerprint density at radius 2 is 2.00 bits per heavy atom. The average Bonchev–Trinajstić information content (AvgIpc) is 2.31. The number of nitrogens with two attached hydrogens (primary N) is 1. The molecule has 104 valence electrons. The second kappa shape index (κ2) is 5.48. The fraction of sp³-hybridized carbons (Fsp3) is 0.333. The molecule has 0 spiro atoms. The van der Waals surface area contributed by atoms with E-state index in [-0.39, 0.29) is 16.9 Å². The Balaban J connectivity index is 3.06. The Kier molecular flexibility index (Phi) is 4.41. The van der Waals surface area contributed by atoms with E-state index in [9.17, 15) is 18.2 Å². The first-order valence-electron chi connectivity index (χ1n) is 5.36. The summed E-state index contributed by atoms with van der Waals surface area (Å²) in [5, 5.41) is 8.94. The van der Waals surface area contributed by atoms with Crippen molar-refractivity contribution >= 4 is 22.7 Å². The SMILES string of the molecule is CC(C)(C(=O)O)S(=O)Cc1cc(C(N)=O)ccc1F. The maximum Gasteiger partial charge on any atom is 0.321 e. The number of halogens is 1. The van der Waals surface area contributed by atoms with E-state index in [0.717, 1.165) is 6.07 Å². The number of carboxylic acids is 1. The molecule has 0 aliphatic rings. The molecule has 3 N–H and O–H groups in total. The molecule has 0 saturated carbocycles. The van der Waals surface area contributed by atoms with Gasteiger partial charge < -0.3 is 10.8 Å². The van der Waals surface area contributed by atoms with E-state index in [1.807, 2.05) is 0 Å². The van der Waals surface area contributed by atoms with Crippen LogP contribution in [0.5, 0.6) is 0 Å². The topological polar surface area (TPSA) is 97.5 Å². The highest BCUT2D eigenvalue weighted by Crippen LogP contribution is 2.20. The van der Waals surface area contributed by atoms with Crippen LogP contribution in [-0.4, -0.2) is 25.9 Å². The van der Waals surface area contributed by atoms with Gasteiger partial charge in [-0.05, 0) is 32.0 Å². The molecule has 0 fully saturated rings. The van der Waals surface area contributed by atoms with Crippen LogP contribution in [0.2, 0.25) is 0 Å². The first-order chi connectivity index (χ1) is 8.66. The van der Waals surface area contributed by atoms with E-state index in [2.05, 4.69) is 0 Å². The predicted octanol–water partition coefficient (Wildman–Crippen LogP) is 1.04. The third-order valence-electron chi connectivity index (χ3n) is 2.70.